The minimum atomic E-state index is -0.569. The van der Waals surface area contributed by atoms with Crippen molar-refractivity contribution in [3.63, 3.8) is 0 Å². The van der Waals surface area contributed by atoms with Crippen molar-refractivity contribution in [1.29, 1.82) is 0 Å². The molecule has 0 radical (unpaired) electrons. The van der Waals surface area contributed by atoms with E-state index in [0.717, 1.165) is 0 Å². The Balaban J connectivity index is 2.07. The lowest BCUT2D eigenvalue weighted by atomic mass is 10.1. The van der Waals surface area contributed by atoms with Crippen molar-refractivity contribution >= 4 is 17.7 Å². The predicted octanol–water partition coefficient (Wildman–Crippen LogP) is 1.91. The number of ether oxygens (including phenoxy) is 2. The molecule has 2 amide bonds. The molecule has 25 heavy (non-hydrogen) atoms. The lowest BCUT2D eigenvalue weighted by Gasteiger charge is -2.34. The quantitative estimate of drug-likeness (QED) is 0.593. The van der Waals surface area contributed by atoms with E-state index in [1.807, 2.05) is 0 Å². The highest BCUT2D eigenvalue weighted by Crippen LogP contribution is 2.28. The summed E-state index contributed by atoms with van der Waals surface area (Å²) in [6, 6.07) is 4.17. The summed E-state index contributed by atoms with van der Waals surface area (Å²) in [7, 11) is 0. The highest BCUT2D eigenvalue weighted by atomic mass is 16.6. The SMILES string of the molecule is CCOC(=O)N1CCN(C(=O)c2ccc(OCC)c([N+](=O)[O-])c2)CC1. The standard InChI is InChI=1S/C16H21N3O6/c1-3-24-14-6-5-12(11-13(14)19(22)23)15(20)17-7-9-18(10-8-17)16(21)25-4-2/h5-6,11H,3-4,7-10H2,1-2H3. The first-order chi connectivity index (χ1) is 12.0. The zero-order chi connectivity index (χ0) is 18.4. The van der Waals surface area contributed by atoms with Crippen LogP contribution in [0.15, 0.2) is 18.2 Å². The third kappa shape index (κ3) is 4.37. The molecule has 0 atom stereocenters. The molecule has 0 aromatic heterocycles. The number of benzene rings is 1. The molecule has 1 fully saturated rings. The van der Waals surface area contributed by atoms with Crippen molar-refractivity contribution in [2.24, 2.45) is 0 Å². The molecule has 0 aliphatic carbocycles. The molecule has 0 N–H and O–H groups in total. The van der Waals surface area contributed by atoms with E-state index in [1.54, 1.807) is 18.7 Å². The van der Waals surface area contributed by atoms with Crippen molar-refractivity contribution in [2.45, 2.75) is 13.8 Å². The minimum Gasteiger partial charge on any atom is -0.487 e. The zero-order valence-electron chi connectivity index (χ0n) is 14.3. The van der Waals surface area contributed by atoms with Crippen LogP contribution in [-0.4, -0.2) is 66.1 Å². The first kappa shape index (κ1) is 18.5. The molecular formula is C16H21N3O6. The molecular weight excluding hydrogens is 330 g/mol. The van der Waals surface area contributed by atoms with Gasteiger partial charge in [0.1, 0.15) is 0 Å². The number of hydrogen-bond donors (Lipinski definition) is 0. The van der Waals surface area contributed by atoms with Crippen LogP contribution in [0.2, 0.25) is 0 Å². The van der Waals surface area contributed by atoms with Gasteiger partial charge < -0.3 is 19.3 Å². The van der Waals surface area contributed by atoms with Crippen molar-refractivity contribution in [3.05, 3.63) is 33.9 Å². The summed E-state index contributed by atoms with van der Waals surface area (Å²) >= 11 is 0. The molecule has 9 nitrogen and oxygen atoms in total. The van der Waals surface area contributed by atoms with Gasteiger partial charge in [-0.05, 0) is 26.0 Å². The van der Waals surface area contributed by atoms with E-state index in [2.05, 4.69) is 0 Å². The van der Waals surface area contributed by atoms with Gasteiger partial charge in [-0.1, -0.05) is 0 Å². The molecule has 2 rings (SSSR count). The lowest BCUT2D eigenvalue weighted by molar-refractivity contribution is -0.385. The predicted molar refractivity (Wildman–Crippen MR) is 88.8 cm³/mol. The monoisotopic (exact) mass is 351 g/mol. The van der Waals surface area contributed by atoms with E-state index in [-0.39, 0.29) is 22.9 Å². The Morgan fingerprint density at radius 3 is 2.32 bits per heavy atom. The van der Waals surface area contributed by atoms with Crippen LogP contribution < -0.4 is 4.74 Å². The molecule has 1 aromatic rings. The molecule has 1 heterocycles. The topological polar surface area (TPSA) is 102 Å². The van der Waals surface area contributed by atoms with Gasteiger partial charge in [-0.3, -0.25) is 14.9 Å². The van der Waals surface area contributed by atoms with Gasteiger partial charge in [0.25, 0.3) is 5.91 Å². The summed E-state index contributed by atoms with van der Waals surface area (Å²) in [4.78, 5) is 37.9. The minimum absolute atomic E-state index is 0.135. The number of nitrogens with zero attached hydrogens (tertiary/aromatic N) is 3. The van der Waals surface area contributed by atoms with Crippen LogP contribution in [0, 0.1) is 10.1 Å². The smallest absolute Gasteiger partial charge is 0.409 e. The van der Waals surface area contributed by atoms with Gasteiger partial charge >= 0.3 is 11.8 Å². The van der Waals surface area contributed by atoms with Crippen LogP contribution in [-0.2, 0) is 4.74 Å². The molecule has 9 heteroatoms. The van der Waals surface area contributed by atoms with Crippen LogP contribution >= 0.6 is 0 Å². The van der Waals surface area contributed by atoms with Gasteiger partial charge in [-0.25, -0.2) is 4.79 Å². The average Bonchev–Trinajstić information content (AvgIpc) is 2.62. The van der Waals surface area contributed by atoms with E-state index >= 15 is 0 Å². The molecule has 1 aliphatic heterocycles. The number of rotatable bonds is 5. The van der Waals surface area contributed by atoms with Gasteiger partial charge in [0.2, 0.25) is 0 Å². The second-order valence-electron chi connectivity index (χ2n) is 5.35. The van der Waals surface area contributed by atoms with E-state index in [9.17, 15) is 19.7 Å². The zero-order valence-corrected chi connectivity index (χ0v) is 14.3. The first-order valence-electron chi connectivity index (χ1n) is 8.10. The van der Waals surface area contributed by atoms with Crippen LogP contribution in [0.1, 0.15) is 24.2 Å². The van der Waals surface area contributed by atoms with Gasteiger partial charge in [0.15, 0.2) is 5.75 Å². The van der Waals surface area contributed by atoms with Crippen molar-refractivity contribution in [3.8, 4) is 5.75 Å². The number of hydrogen-bond acceptors (Lipinski definition) is 6. The van der Waals surface area contributed by atoms with E-state index in [1.165, 1.54) is 23.1 Å². The Morgan fingerprint density at radius 2 is 1.76 bits per heavy atom. The summed E-state index contributed by atoms with van der Waals surface area (Å²) in [5.74, 6) is -0.175. The van der Waals surface area contributed by atoms with Crippen LogP contribution in [0.25, 0.3) is 0 Å². The average molecular weight is 351 g/mol. The fourth-order valence-corrected chi connectivity index (χ4v) is 2.56. The number of nitro groups is 1. The number of carbonyl (C=O) groups excluding carboxylic acids is 2. The fraction of sp³-hybridized carbons (Fsp3) is 0.500. The van der Waals surface area contributed by atoms with Crippen molar-refractivity contribution in [2.75, 3.05) is 39.4 Å². The summed E-state index contributed by atoms with van der Waals surface area (Å²) in [6.07, 6.45) is -0.397. The molecule has 0 bridgehead atoms. The maximum Gasteiger partial charge on any atom is 0.409 e. The summed E-state index contributed by atoms with van der Waals surface area (Å²) in [5.41, 5.74) is -0.0161. The first-order valence-corrected chi connectivity index (χ1v) is 8.10. The van der Waals surface area contributed by atoms with Crippen LogP contribution in [0.5, 0.6) is 5.75 Å². The van der Waals surface area contributed by atoms with E-state index in [4.69, 9.17) is 9.47 Å². The van der Waals surface area contributed by atoms with Crippen LogP contribution in [0.4, 0.5) is 10.5 Å². The molecule has 0 spiro atoms. The van der Waals surface area contributed by atoms with Gasteiger partial charge in [0, 0.05) is 37.8 Å². The van der Waals surface area contributed by atoms with E-state index < -0.39 is 11.0 Å². The Labute approximate surface area is 145 Å². The number of piperazine rings is 1. The Bertz CT molecular complexity index is 655. The molecule has 0 saturated carbocycles. The summed E-state index contributed by atoms with van der Waals surface area (Å²) in [6.45, 7) is 5.48. The molecule has 1 aromatic carbocycles. The Hall–Kier alpha value is -2.84. The third-order valence-corrected chi connectivity index (χ3v) is 3.80. The summed E-state index contributed by atoms with van der Waals surface area (Å²) in [5, 5.41) is 11.2. The fourth-order valence-electron chi connectivity index (χ4n) is 2.56. The maximum absolute atomic E-state index is 12.6. The largest absolute Gasteiger partial charge is 0.487 e. The number of carbonyl (C=O) groups is 2. The third-order valence-electron chi connectivity index (χ3n) is 3.80. The Kier molecular flexibility index (Phi) is 6.15. The van der Waals surface area contributed by atoms with E-state index in [0.29, 0.717) is 39.4 Å². The lowest BCUT2D eigenvalue weighted by Crippen LogP contribution is -2.50. The second-order valence-corrected chi connectivity index (χ2v) is 5.35. The molecule has 1 aliphatic rings. The van der Waals surface area contributed by atoms with Gasteiger partial charge in [-0.15, -0.1) is 0 Å². The normalized spacial score (nSPS) is 14.2. The molecule has 136 valence electrons. The van der Waals surface area contributed by atoms with Crippen LogP contribution in [0.3, 0.4) is 0 Å². The summed E-state index contributed by atoms with van der Waals surface area (Å²) < 4.78 is 10.2. The highest BCUT2D eigenvalue weighted by Gasteiger charge is 2.27. The maximum atomic E-state index is 12.6. The number of amides is 2. The van der Waals surface area contributed by atoms with Crippen molar-refractivity contribution < 1.29 is 24.0 Å². The number of nitro benzene ring substituents is 1. The molecule has 1 saturated heterocycles. The Morgan fingerprint density at radius 1 is 1.12 bits per heavy atom. The van der Waals surface area contributed by atoms with Crippen molar-refractivity contribution in [1.82, 2.24) is 9.80 Å². The highest BCUT2D eigenvalue weighted by molar-refractivity contribution is 5.95. The molecule has 0 unspecified atom stereocenters. The second kappa shape index (κ2) is 8.32. The van der Waals surface area contributed by atoms with Gasteiger partial charge in [-0.2, -0.15) is 0 Å². The van der Waals surface area contributed by atoms with Gasteiger partial charge in [0.05, 0.1) is 18.1 Å².